The van der Waals surface area contributed by atoms with Crippen molar-refractivity contribution in [1.29, 1.82) is 0 Å². The molecule has 0 saturated carbocycles. The SMILES string of the molecule is CCC(CC)CN1CCC(N2C[C@@H](Oc3ccccc3)C[C@H]2C(=O)NC)CC1. The smallest absolute Gasteiger partial charge is 0.237 e. The van der Waals surface area contributed by atoms with E-state index in [1.54, 1.807) is 7.05 Å². The van der Waals surface area contributed by atoms with E-state index in [0.717, 1.165) is 50.6 Å². The van der Waals surface area contributed by atoms with Crippen molar-refractivity contribution in [2.45, 2.75) is 64.1 Å². The Bertz CT molecular complexity index is 597. The molecule has 0 aromatic heterocycles. The van der Waals surface area contributed by atoms with Gasteiger partial charge >= 0.3 is 0 Å². The van der Waals surface area contributed by atoms with Crippen LogP contribution in [-0.4, -0.2) is 67.1 Å². The monoisotopic (exact) mass is 387 g/mol. The number of para-hydroxylation sites is 1. The van der Waals surface area contributed by atoms with Crippen LogP contribution < -0.4 is 10.1 Å². The summed E-state index contributed by atoms with van der Waals surface area (Å²) in [4.78, 5) is 17.6. The van der Waals surface area contributed by atoms with Crippen molar-refractivity contribution in [2.24, 2.45) is 5.92 Å². The van der Waals surface area contributed by atoms with Gasteiger partial charge in [-0.1, -0.05) is 44.9 Å². The average molecular weight is 388 g/mol. The zero-order valence-corrected chi connectivity index (χ0v) is 17.8. The Labute approximate surface area is 170 Å². The third-order valence-corrected chi connectivity index (χ3v) is 6.59. The molecule has 2 fully saturated rings. The lowest BCUT2D eigenvalue weighted by Crippen LogP contribution is -2.51. The number of carbonyl (C=O) groups is 1. The number of hydrogen-bond donors (Lipinski definition) is 1. The fraction of sp³-hybridized carbons (Fsp3) is 0.696. The molecule has 28 heavy (non-hydrogen) atoms. The van der Waals surface area contributed by atoms with Crippen LogP contribution >= 0.6 is 0 Å². The van der Waals surface area contributed by atoms with Gasteiger partial charge in [0.2, 0.25) is 5.91 Å². The predicted octanol–water partition coefficient (Wildman–Crippen LogP) is 3.15. The van der Waals surface area contributed by atoms with Crippen LogP contribution in [0.5, 0.6) is 5.75 Å². The van der Waals surface area contributed by atoms with E-state index in [1.165, 1.54) is 19.4 Å². The predicted molar refractivity (Wildman–Crippen MR) is 114 cm³/mol. The van der Waals surface area contributed by atoms with Crippen molar-refractivity contribution in [3.05, 3.63) is 30.3 Å². The number of carbonyl (C=O) groups excluding carboxylic acids is 1. The molecular weight excluding hydrogens is 350 g/mol. The first kappa shape index (κ1) is 21.1. The fourth-order valence-corrected chi connectivity index (χ4v) is 4.77. The molecule has 5 nitrogen and oxygen atoms in total. The lowest BCUT2D eigenvalue weighted by molar-refractivity contribution is -0.126. The molecule has 1 amide bonds. The number of nitrogens with one attached hydrogen (secondary N) is 1. The number of likely N-dealkylation sites (N-methyl/N-ethyl adjacent to an activating group) is 1. The molecule has 2 atom stereocenters. The Balaban J connectivity index is 1.58. The number of amides is 1. The second-order valence-corrected chi connectivity index (χ2v) is 8.33. The number of likely N-dealkylation sites (tertiary alicyclic amines) is 2. The van der Waals surface area contributed by atoms with Gasteiger partial charge in [-0.15, -0.1) is 0 Å². The average Bonchev–Trinajstić information content (AvgIpc) is 3.16. The minimum absolute atomic E-state index is 0.0747. The van der Waals surface area contributed by atoms with E-state index in [9.17, 15) is 4.79 Å². The molecule has 2 saturated heterocycles. The molecule has 1 aromatic carbocycles. The summed E-state index contributed by atoms with van der Waals surface area (Å²) in [6, 6.07) is 10.4. The van der Waals surface area contributed by atoms with Gasteiger partial charge in [0.05, 0.1) is 6.04 Å². The molecule has 2 heterocycles. The van der Waals surface area contributed by atoms with Crippen LogP contribution in [-0.2, 0) is 4.79 Å². The van der Waals surface area contributed by atoms with Gasteiger partial charge in [0.1, 0.15) is 11.9 Å². The Morgan fingerprint density at radius 1 is 1.18 bits per heavy atom. The second-order valence-electron chi connectivity index (χ2n) is 8.33. The Kier molecular flexibility index (Phi) is 7.74. The summed E-state index contributed by atoms with van der Waals surface area (Å²) in [5, 5.41) is 2.86. The molecule has 3 rings (SSSR count). The van der Waals surface area contributed by atoms with Crippen molar-refractivity contribution in [1.82, 2.24) is 15.1 Å². The van der Waals surface area contributed by atoms with E-state index in [1.807, 2.05) is 30.3 Å². The number of nitrogens with zero attached hydrogens (tertiary/aromatic N) is 2. The molecule has 0 radical (unpaired) electrons. The topological polar surface area (TPSA) is 44.8 Å². The van der Waals surface area contributed by atoms with Gasteiger partial charge in [0.25, 0.3) is 0 Å². The number of benzene rings is 1. The molecule has 1 aromatic rings. The number of rotatable bonds is 8. The van der Waals surface area contributed by atoms with E-state index < -0.39 is 0 Å². The Hall–Kier alpha value is -1.59. The molecule has 0 aliphatic carbocycles. The summed E-state index contributed by atoms with van der Waals surface area (Å²) in [7, 11) is 1.74. The first-order chi connectivity index (χ1) is 13.6. The highest BCUT2D eigenvalue weighted by atomic mass is 16.5. The van der Waals surface area contributed by atoms with Gasteiger partial charge in [-0.3, -0.25) is 9.69 Å². The van der Waals surface area contributed by atoms with Crippen molar-refractivity contribution in [3.63, 3.8) is 0 Å². The molecular formula is C23H37N3O2. The van der Waals surface area contributed by atoms with E-state index in [2.05, 4.69) is 29.0 Å². The van der Waals surface area contributed by atoms with Gasteiger partial charge in [-0.25, -0.2) is 0 Å². The molecule has 0 unspecified atom stereocenters. The standard InChI is InChI=1S/C23H37N3O2/c1-4-18(5-2)16-25-13-11-19(12-14-25)26-17-21(15-22(26)23(27)24-3)28-20-9-7-6-8-10-20/h6-10,18-19,21-22H,4-5,11-17H2,1-3H3,(H,24,27)/t21-,22-/m0/s1. The number of piperidine rings is 1. The molecule has 1 N–H and O–H groups in total. The zero-order chi connectivity index (χ0) is 19.9. The van der Waals surface area contributed by atoms with Crippen LogP contribution in [0.2, 0.25) is 0 Å². The van der Waals surface area contributed by atoms with Crippen molar-refractivity contribution in [2.75, 3.05) is 33.2 Å². The van der Waals surface area contributed by atoms with Crippen molar-refractivity contribution >= 4 is 5.91 Å². The van der Waals surface area contributed by atoms with Crippen LogP contribution in [0.15, 0.2) is 30.3 Å². The van der Waals surface area contributed by atoms with Crippen LogP contribution in [0.3, 0.4) is 0 Å². The molecule has 156 valence electrons. The first-order valence-electron chi connectivity index (χ1n) is 11.1. The third kappa shape index (κ3) is 5.26. The largest absolute Gasteiger partial charge is 0.489 e. The summed E-state index contributed by atoms with van der Waals surface area (Å²) < 4.78 is 6.19. The zero-order valence-electron chi connectivity index (χ0n) is 17.8. The maximum Gasteiger partial charge on any atom is 0.237 e. The summed E-state index contributed by atoms with van der Waals surface area (Å²) >= 11 is 0. The van der Waals surface area contributed by atoms with Gasteiger partial charge < -0.3 is 15.0 Å². The van der Waals surface area contributed by atoms with Gasteiger partial charge in [-0.2, -0.15) is 0 Å². The highest BCUT2D eigenvalue weighted by molar-refractivity contribution is 5.81. The van der Waals surface area contributed by atoms with E-state index in [0.29, 0.717) is 6.04 Å². The summed E-state index contributed by atoms with van der Waals surface area (Å²) in [6.45, 7) is 8.94. The molecule has 0 spiro atoms. The van der Waals surface area contributed by atoms with Crippen LogP contribution in [0.4, 0.5) is 0 Å². The van der Waals surface area contributed by atoms with Crippen LogP contribution in [0.25, 0.3) is 0 Å². The van der Waals surface area contributed by atoms with Crippen molar-refractivity contribution in [3.8, 4) is 5.75 Å². The lowest BCUT2D eigenvalue weighted by Gasteiger charge is -2.39. The van der Waals surface area contributed by atoms with Gasteiger partial charge in [0.15, 0.2) is 0 Å². The van der Waals surface area contributed by atoms with Gasteiger partial charge in [0, 0.05) is 32.6 Å². The van der Waals surface area contributed by atoms with E-state index in [-0.39, 0.29) is 18.1 Å². The normalized spacial score (nSPS) is 24.6. The Morgan fingerprint density at radius 3 is 2.46 bits per heavy atom. The summed E-state index contributed by atoms with van der Waals surface area (Å²) in [6.07, 6.45) is 5.66. The minimum Gasteiger partial charge on any atom is -0.489 e. The summed E-state index contributed by atoms with van der Waals surface area (Å²) in [5.74, 6) is 1.83. The Morgan fingerprint density at radius 2 is 1.86 bits per heavy atom. The quantitative estimate of drug-likeness (QED) is 0.744. The van der Waals surface area contributed by atoms with Crippen LogP contribution in [0, 0.1) is 5.92 Å². The van der Waals surface area contributed by atoms with E-state index in [4.69, 9.17) is 4.74 Å². The highest BCUT2D eigenvalue weighted by Crippen LogP contribution is 2.29. The highest BCUT2D eigenvalue weighted by Gasteiger charge is 2.41. The summed E-state index contributed by atoms with van der Waals surface area (Å²) in [5.41, 5.74) is 0. The van der Waals surface area contributed by atoms with Crippen LogP contribution in [0.1, 0.15) is 46.0 Å². The fourth-order valence-electron chi connectivity index (χ4n) is 4.77. The number of hydrogen-bond acceptors (Lipinski definition) is 4. The first-order valence-corrected chi connectivity index (χ1v) is 11.1. The second kappa shape index (κ2) is 10.3. The maximum atomic E-state index is 12.5. The third-order valence-electron chi connectivity index (χ3n) is 6.59. The minimum atomic E-state index is -0.0747. The lowest BCUT2D eigenvalue weighted by atomic mass is 9.98. The maximum absolute atomic E-state index is 12.5. The molecule has 2 aliphatic heterocycles. The molecule has 2 aliphatic rings. The van der Waals surface area contributed by atoms with Crippen molar-refractivity contribution < 1.29 is 9.53 Å². The van der Waals surface area contributed by atoms with Gasteiger partial charge in [-0.05, 0) is 44.0 Å². The van der Waals surface area contributed by atoms with E-state index >= 15 is 0 Å². The number of ether oxygens (including phenoxy) is 1. The molecule has 0 bridgehead atoms. The molecule has 5 heteroatoms.